The number of nitrogens with one attached hydrogen (secondary N) is 1. The molecule has 2 N–H and O–H groups in total. The van der Waals surface area contributed by atoms with Gasteiger partial charge in [0.1, 0.15) is 5.82 Å². The molecule has 2 heterocycles. The highest BCUT2D eigenvalue weighted by Crippen LogP contribution is 2.29. The molecule has 0 bridgehead atoms. The number of benzene rings is 2. The number of aromatic carboxylic acids is 1. The van der Waals surface area contributed by atoms with Crippen LogP contribution in [0.15, 0.2) is 42.5 Å². The molecule has 0 aliphatic carbocycles. The van der Waals surface area contributed by atoms with Crippen molar-refractivity contribution in [3.63, 3.8) is 0 Å². The standard InChI is InChI=1S/C23H23ClN4O3.3ClH/c1-14-3-4-16(24)11-21(14)27-7-9-28(10-8-27)22-13-19(23(30)31)18-12-17(25-15(2)29)5-6-20(18)26-22;;;/h3-6,11-13H,7-10H2,1-2H3,(H,25,29)(H,30,31);3*1H. The van der Waals surface area contributed by atoms with E-state index in [2.05, 4.69) is 22.0 Å². The van der Waals surface area contributed by atoms with Crippen LogP contribution >= 0.6 is 48.8 Å². The molecule has 1 aliphatic rings. The maximum Gasteiger partial charge on any atom is 0.336 e. The molecule has 2 aromatic carbocycles. The van der Waals surface area contributed by atoms with Crippen LogP contribution in [0.5, 0.6) is 0 Å². The summed E-state index contributed by atoms with van der Waals surface area (Å²) in [5.41, 5.74) is 3.58. The number of fused-ring (bicyclic) bond motifs is 1. The van der Waals surface area contributed by atoms with Gasteiger partial charge in [0.05, 0.1) is 11.1 Å². The Kier molecular flexibility index (Phi) is 10.7. The van der Waals surface area contributed by atoms with Crippen LogP contribution in [0.4, 0.5) is 17.2 Å². The number of carbonyl (C=O) groups excluding carboxylic acids is 1. The Balaban J connectivity index is 0.00000193. The summed E-state index contributed by atoms with van der Waals surface area (Å²) >= 11 is 6.18. The molecule has 0 radical (unpaired) electrons. The topological polar surface area (TPSA) is 85.8 Å². The number of aryl methyl sites for hydroxylation is 1. The van der Waals surface area contributed by atoms with Crippen molar-refractivity contribution >= 4 is 88.8 Å². The molecule has 0 atom stereocenters. The lowest BCUT2D eigenvalue weighted by molar-refractivity contribution is -0.114. The SMILES string of the molecule is CC(=O)Nc1ccc2nc(N3CCN(c4cc(Cl)ccc4C)CC3)cc(C(=O)O)c2c1.Cl.Cl.Cl. The van der Waals surface area contributed by atoms with Gasteiger partial charge in [0, 0.05) is 54.9 Å². The Morgan fingerprint density at radius 1 is 0.971 bits per heavy atom. The number of rotatable bonds is 4. The number of hydrogen-bond donors (Lipinski definition) is 2. The Labute approximate surface area is 221 Å². The lowest BCUT2D eigenvalue weighted by Gasteiger charge is -2.37. The summed E-state index contributed by atoms with van der Waals surface area (Å²) in [5, 5.41) is 13.7. The number of hydrogen-bond acceptors (Lipinski definition) is 5. The summed E-state index contributed by atoms with van der Waals surface area (Å²) in [4.78, 5) is 32.4. The third kappa shape index (κ3) is 6.36. The van der Waals surface area contributed by atoms with E-state index in [4.69, 9.17) is 16.6 Å². The van der Waals surface area contributed by atoms with Crippen molar-refractivity contribution in [2.24, 2.45) is 0 Å². The number of carboxylic acids is 1. The van der Waals surface area contributed by atoms with Gasteiger partial charge in [0.2, 0.25) is 5.91 Å². The second-order valence-corrected chi connectivity index (χ2v) is 8.09. The zero-order chi connectivity index (χ0) is 22.1. The molecular weight excluding hydrogens is 522 g/mol. The Morgan fingerprint density at radius 3 is 2.24 bits per heavy atom. The number of carboxylic acid groups (broad SMARTS) is 1. The van der Waals surface area contributed by atoms with Crippen molar-refractivity contribution < 1.29 is 14.7 Å². The number of aromatic nitrogens is 1. The van der Waals surface area contributed by atoms with Gasteiger partial charge in [-0.1, -0.05) is 17.7 Å². The fraction of sp³-hybridized carbons (Fsp3) is 0.261. The maximum absolute atomic E-state index is 11.9. The lowest BCUT2D eigenvalue weighted by atomic mass is 10.1. The maximum atomic E-state index is 11.9. The molecule has 34 heavy (non-hydrogen) atoms. The van der Waals surface area contributed by atoms with Crippen molar-refractivity contribution in [2.75, 3.05) is 41.3 Å². The molecule has 11 heteroatoms. The molecular formula is C23H26Cl4N4O3. The van der Waals surface area contributed by atoms with E-state index in [1.807, 2.05) is 18.2 Å². The Hall–Kier alpha value is -2.45. The molecule has 1 saturated heterocycles. The van der Waals surface area contributed by atoms with E-state index in [9.17, 15) is 14.7 Å². The van der Waals surface area contributed by atoms with Gasteiger partial charge in [-0.15, -0.1) is 37.2 Å². The zero-order valence-electron chi connectivity index (χ0n) is 18.6. The predicted molar refractivity (Wildman–Crippen MR) is 145 cm³/mol. The molecule has 0 spiro atoms. The molecule has 1 aromatic heterocycles. The second-order valence-electron chi connectivity index (χ2n) is 7.65. The van der Waals surface area contributed by atoms with E-state index in [0.717, 1.165) is 18.8 Å². The number of nitrogens with zero attached hydrogens (tertiary/aromatic N) is 3. The van der Waals surface area contributed by atoms with Gasteiger partial charge in [-0.05, 0) is 48.9 Å². The quantitative estimate of drug-likeness (QED) is 0.452. The van der Waals surface area contributed by atoms with Crippen LogP contribution in [0.2, 0.25) is 5.02 Å². The normalized spacial score (nSPS) is 12.8. The fourth-order valence-electron chi connectivity index (χ4n) is 3.93. The average Bonchev–Trinajstić information content (AvgIpc) is 2.74. The summed E-state index contributed by atoms with van der Waals surface area (Å²) in [7, 11) is 0. The van der Waals surface area contributed by atoms with E-state index in [-0.39, 0.29) is 48.7 Å². The Bertz CT molecular complexity index is 1180. The number of amides is 1. The summed E-state index contributed by atoms with van der Waals surface area (Å²) in [6.07, 6.45) is 0. The number of carbonyl (C=O) groups is 2. The fourth-order valence-corrected chi connectivity index (χ4v) is 4.10. The van der Waals surface area contributed by atoms with Crippen molar-refractivity contribution in [3.8, 4) is 0 Å². The monoisotopic (exact) mass is 546 g/mol. The van der Waals surface area contributed by atoms with Crippen molar-refractivity contribution in [1.82, 2.24) is 4.98 Å². The van der Waals surface area contributed by atoms with Crippen LogP contribution in [0.3, 0.4) is 0 Å². The number of piperazine rings is 1. The van der Waals surface area contributed by atoms with Crippen molar-refractivity contribution in [2.45, 2.75) is 13.8 Å². The first-order chi connectivity index (χ1) is 14.8. The highest BCUT2D eigenvalue weighted by molar-refractivity contribution is 6.30. The summed E-state index contributed by atoms with van der Waals surface area (Å²) in [5.74, 6) is -0.602. The van der Waals surface area contributed by atoms with E-state index in [1.54, 1.807) is 24.3 Å². The third-order valence-corrected chi connectivity index (χ3v) is 5.70. The summed E-state index contributed by atoms with van der Waals surface area (Å²) in [6.45, 7) is 6.47. The van der Waals surface area contributed by atoms with Gasteiger partial charge in [0.15, 0.2) is 0 Å². The molecule has 4 rings (SSSR count). The highest BCUT2D eigenvalue weighted by Gasteiger charge is 2.22. The second kappa shape index (κ2) is 12.3. The van der Waals surface area contributed by atoms with Crippen LogP contribution in [0.1, 0.15) is 22.8 Å². The van der Waals surface area contributed by atoms with Gasteiger partial charge >= 0.3 is 5.97 Å². The minimum Gasteiger partial charge on any atom is -0.478 e. The van der Waals surface area contributed by atoms with Crippen LogP contribution in [-0.4, -0.2) is 48.1 Å². The predicted octanol–water partition coefficient (Wildman–Crippen LogP) is 5.45. The van der Waals surface area contributed by atoms with E-state index >= 15 is 0 Å². The first-order valence-electron chi connectivity index (χ1n) is 10.0. The largest absolute Gasteiger partial charge is 0.478 e. The molecule has 7 nitrogen and oxygen atoms in total. The van der Waals surface area contributed by atoms with E-state index < -0.39 is 5.97 Å². The molecule has 184 valence electrons. The van der Waals surface area contributed by atoms with Gasteiger partial charge in [-0.3, -0.25) is 4.79 Å². The number of halogens is 4. The van der Waals surface area contributed by atoms with Crippen molar-refractivity contribution in [3.05, 3.63) is 58.6 Å². The Morgan fingerprint density at radius 2 is 1.62 bits per heavy atom. The lowest BCUT2D eigenvalue weighted by Crippen LogP contribution is -2.47. The van der Waals surface area contributed by atoms with Crippen LogP contribution in [0.25, 0.3) is 10.9 Å². The zero-order valence-corrected chi connectivity index (χ0v) is 21.8. The molecule has 1 fully saturated rings. The van der Waals surface area contributed by atoms with Crippen LogP contribution in [0, 0.1) is 6.92 Å². The minimum absolute atomic E-state index is 0. The number of pyridine rings is 1. The summed E-state index contributed by atoms with van der Waals surface area (Å²) in [6, 6.07) is 12.6. The minimum atomic E-state index is -1.03. The third-order valence-electron chi connectivity index (χ3n) is 5.46. The van der Waals surface area contributed by atoms with Crippen LogP contribution in [-0.2, 0) is 4.79 Å². The highest BCUT2D eigenvalue weighted by atomic mass is 35.5. The average molecular weight is 548 g/mol. The van der Waals surface area contributed by atoms with Gasteiger partial charge in [0.25, 0.3) is 0 Å². The number of anilines is 3. The van der Waals surface area contributed by atoms with Gasteiger partial charge < -0.3 is 20.2 Å². The molecule has 3 aromatic rings. The van der Waals surface area contributed by atoms with E-state index in [1.165, 1.54) is 12.5 Å². The van der Waals surface area contributed by atoms with Gasteiger partial charge in [-0.2, -0.15) is 0 Å². The first-order valence-corrected chi connectivity index (χ1v) is 10.4. The van der Waals surface area contributed by atoms with Crippen molar-refractivity contribution in [1.29, 1.82) is 0 Å². The molecule has 1 aliphatic heterocycles. The molecule has 0 unspecified atom stereocenters. The van der Waals surface area contributed by atoms with Gasteiger partial charge in [-0.25, -0.2) is 9.78 Å². The van der Waals surface area contributed by atoms with E-state index in [0.29, 0.717) is 40.5 Å². The smallest absolute Gasteiger partial charge is 0.336 e. The molecule has 1 amide bonds. The first kappa shape index (κ1) is 29.6. The summed E-state index contributed by atoms with van der Waals surface area (Å²) < 4.78 is 0. The van der Waals surface area contributed by atoms with Crippen LogP contribution < -0.4 is 15.1 Å². The molecule has 0 saturated carbocycles.